The minimum atomic E-state index is -0.575. The maximum atomic E-state index is 12.4. The molecule has 1 amide bonds. The van der Waals surface area contributed by atoms with E-state index < -0.39 is 6.04 Å². The SMILES string of the molecule is COC(=O)[C@H](CC(C)C)NC(=O)CN1CCN(Cc2ccc(OC)cc2)CC1. The molecular weight excluding hydrogens is 358 g/mol. The zero-order valence-electron chi connectivity index (χ0n) is 17.4. The number of hydrogen-bond donors (Lipinski definition) is 1. The fourth-order valence-electron chi connectivity index (χ4n) is 3.37. The molecule has 0 aliphatic carbocycles. The van der Waals surface area contributed by atoms with Gasteiger partial charge in [0.2, 0.25) is 5.91 Å². The minimum Gasteiger partial charge on any atom is -0.497 e. The molecule has 0 aromatic heterocycles. The van der Waals surface area contributed by atoms with Crippen LogP contribution in [0.3, 0.4) is 0 Å². The van der Waals surface area contributed by atoms with Gasteiger partial charge in [-0.15, -0.1) is 0 Å². The summed E-state index contributed by atoms with van der Waals surface area (Å²) >= 11 is 0. The van der Waals surface area contributed by atoms with Gasteiger partial charge in [-0.3, -0.25) is 14.6 Å². The highest BCUT2D eigenvalue weighted by molar-refractivity contribution is 5.85. The molecule has 0 unspecified atom stereocenters. The summed E-state index contributed by atoms with van der Waals surface area (Å²) in [5.74, 6) is 0.652. The number of amides is 1. The molecule has 1 aromatic rings. The van der Waals surface area contributed by atoms with Gasteiger partial charge in [-0.25, -0.2) is 4.79 Å². The van der Waals surface area contributed by atoms with E-state index in [1.807, 2.05) is 26.0 Å². The van der Waals surface area contributed by atoms with Crippen molar-refractivity contribution >= 4 is 11.9 Å². The summed E-state index contributed by atoms with van der Waals surface area (Å²) in [5, 5.41) is 2.83. The van der Waals surface area contributed by atoms with Crippen molar-refractivity contribution in [3.8, 4) is 5.75 Å². The summed E-state index contributed by atoms with van der Waals surface area (Å²) in [5.41, 5.74) is 1.25. The van der Waals surface area contributed by atoms with Gasteiger partial charge in [-0.05, 0) is 30.0 Å². The molecule has 7 heteroatoms. The van der Waals surface area contributed by atoms with Crippen LogP contribution < -0.4 is 10.1 Å². The van der Waals surface area contributed by atoms with Gasteiger partial charge < -0.3 is 14.8 Å². The van der Waals surface area contributed by atoms with E-state index >= 15 is 0 Å². The van der Waals surface area contributed by atoms with Gasteiger partial charge in [0.1, 0.15) is 11.8 Å². The normalized spacial score (nSPS) is 16.6. The number of carbonyl (C=O) groups is 2. The average molecular weight is 392 g/mol. The molecule has 0 radical (unpaired) electrons. The Morgan fingerprint density at radius 3 is 2.18 bits per heavy atom. The first-order valence-electron chi connectivity index (χ1n) is 9.86. The highest BCUT2D eigenvalue weighted by atomic mass is 16.5. The van der Waals surface area contributed by atoms with Crippen LogP contribution in [0.2, 0.25) is 0 Å². The molecule has 2 rings (SSSR count). The third kappa shape index (κ3) is 7.13. The van der Waals surface area contributed by atoms with Crippen molar-refractivity contribution in [3.63, 3.8) is 0 Å². The smallest absolute Gasteiger partial charge is 0.328 e. The summed E-state index contributed by atoms with van der Waals surface area (Å²) in [7, 11) is 3.02. The second-order valence-corrected chi connectivity index (χ2v) is 7.67. The van der Waals surface area contributed by atoms with Crippen LogP contribution in [0.25, 0.3) is 0 Å². The first-order chi connectivity index (χ1) is 13.4. The largest absolute Gasteiger partial charge is 0.497 e. The lowest BCUT2D eigenvalue weighted by atomic mass is 10.0. The van der Waals surface area contributed by atoms with Gasteiger partial charge in [0.25, 0.3) is 0 Å². The van der Waals surface area contributed by atoms with Gasteiger partial charge in [-0.2, -0.15) is 0 Å². The van der Waals surface area contributed by atoms with Crippen molar-refractivity contribution in [1.29, 1.82) is 0 Å². The summed E-state index contributed by atoms with van der Waals surface area (Å²) < 4.78 is 10.0. The van der Waals surface area contributed by atoms with Crippen LogP contribution in [0.15, 0.2) is 24.3 Å². The Morgan fingerprint density at radius 2 is 1.64 bits per heavy atom. The number of hydrogen-bond acceptors (Lipinski definition) is 6. The molecule has 1 fully saturated rings. The van der Waals surface area contributed by atoms with E-state index in [0.29, 0.717) is 18.9 Å². The first kappa shape index (κ1) is 22.2. The van der Waals surface area contributed by atoms with Gasteiger partial charge in [0.15, 0.2) is 0 Å². The summed E-state index contributed by atoms with van der Waals surface area (Å²) in [6.07, 6.45) is 0.577. The van der Waals surface area contributed by atoms with Crippen LogP contribution in [0.5, 0.6) is 5.75 Å². The van der Waals surface area contributed by atoms with Gasteiger partial charge in [-0.1, -0.05) is 26.0 Å². The fourth-order valence-corrected chi connectivity index (χ4v) is 3.37. The molecule has 1 aromatic carbocycles. The highest BCUT2D eigenvalue weighted by Crippen LogP contribution is 2.14. The number of nitrogens with zero attached hydrogens (tertiary/aromatic N) is 2. The van der Waals surface area contributed by atoms with Gasteiger partial charge >= 0.3 is 5.97 Å². The monoisotopic (exact) mass is 391 g/mol. The van der Waals surface area contributed by atoms with Crippen molar-refractivity contribution in [2.75, 3.05) is 46.9 Å². The quantitative estimate of drug-likeness (QED) is 0.644. The van der Waals surface area contributed by atoms with Gasteiger partial charge in [0, 0.05) is 32.7 Å². The van der Waals surface area contributed by atoms with Crippen molar-refractivity contribution in [2.45, 2.75) is 32.9 Å². The Hall–Kier alpha value is -2.12. The fraction of sp³-hybridized carbons (Fsp3) is 0.619. The number of carbonyl (C=O) groups excluding carboxylic acids is 2. The first-order valence-corrected chi connectivity index (χ1v) is 9.86. The van der Waals surface area contributed by atoms with Crippen molar-refractivity contribution < 1.29 is 19.1 Å². The second kappa shape index (κ2) is 11.0. The maximum absolute atomic E-state index is 12.4. The van der Waals surface area contributed by atoms with E-state index in [-0.39, 0.29) is 11.9 Å². The topological polar surface area (TPSA) is 71.1 Å². The van der Waals surface area contributed by atoms with Crippen LogP contribution in [-0.2, 0) is 20.9 Å². The van der Waals surface area contributed by atoms with Crippen molar-refractivity contribution in [1.82, 2.24) is 15.1 Å². The zero-order chi connectivity index (χ0) is 20.5. The molecule has 1 saturated heterocycles. The lowest BCUT2D eigenvalue weighted by Crippen LogP contribution is -2.51. The maximum Gasteiger partial charge on any atom is 0.328 e. The van der Waals surface area contributed by atoms with Crippen LogP contribution >= 0.6 is 0 Å². The zero-order valence-corrected chi connectivity index (χ0v) is 17.4. The Kier molecular flexibility index (Phi) is 8.73. The molecule has 1 aliphatic rings. The average Bonchev–Trinajstić information content (AvgIpc) is 2.68. The Bertz CT molecular complexity index is 625. The van der Waals surface area contributed by atoms with Crippen LogP contribution in [0, 0.1) is 5.92 Å². The Labute approximate surface area is 168 Å². The third-order valence-electron chi connectivity index (χ3n) is 4.93. The minimum absolute atomic E-state index is 0.125. The molecule has 28 heavy (non-hydrogen) atoms. The molecule has 1 atom stereocenters. The molecular formula is C21H33N3O4. The van der Waals surface area contributed by atoms with Crippen LogP contribution in [0.4, 0.5) is 0 Å². The van der Waals surface area contributed by atoms with E-state index in [0.717, 1.165) is 38.5 Å². The number of methoxy groups -OCH3 is 2. The number of benzene rings is 1. The lowest BCUT2D eigenvalue weighted by molar-refractivity contribution is -0.145. The third-order valence-corrected chi connectivity index (χ3v) is 4.93. The number of piperazine rings is 1. The number of rotatable bonds is 9. The summed E-state index contributed by atoms with van der Waals surface area (Å²) in [6.45, 7) is 8.71. The molecule has 1 aliphatic heterocycles. The summed E-state index contributed by atoms with van der Waals surface area (Å²) in [6, 6.07) is 7.55. The van der Waals surface area contributed by atoms with Crippen molar-refractivity contribution in [2.24, 2.45) is 5.92 Å². The molecule has 7 nitrogen and oxygen atoms in total. The Morgan fingerprint density at radius 1 is 1.04 bits per heavy atom. The number of ether oxygens (including phenoxy) is 2. The predicted molar refractivity (Wildman–Crippen MR) is 108 cm³/mol. The van der Waals surface area contributed by atoms with E-state index in [1.165, 1.54) is 12.7 Å². The second-order valence-electron chi connectivity index (χ2n) is 7.67. The van der Waals surface area contributed by atoms with E-state index in [9.17, 15) is 9.59 Å². The van der Waals surface area contributed by atoms with Crippen LogP contribution in [-0.4, -0.2) is 74.7 Å². The molecule has 1 heterocycles. The molecule has 0 bridgehead atoms. The lowest BCUT2D eigenvalue weighted by Gasteiger charge is -2.34. The number of esters is 1. The Balaban J connectivity index is 1.76. The van der Waals surface area contributed by atoms with Crippen molar-refractivity contribution in [3.05, 3.63) is 29.8 Å². The van der Waals surface area contributed by atoms with Gasteiger partial charge in [0.05, 0.1) is 20.8 Å². The van der Waals surface area contributed by atoms with Crippen LogP contribution in [0.1, 0.15) is 25.8 Å². The highest BCUT2D eigenvalue weighted by Gasteiger charge is 2.24. The van der Waals surface area contributed by atoms with E-state index in [4.69, 9.17) is 9.47 Å². The molecule has 156 valence electrons. The summed E-state index contributed by atoms with van der Waals surface area (Å²) in [4.78, 5) is 28.7. The predicted octanol–water partition coefficient (Wildman–Crippen LogP) is 1.52. The molecule has 0 spiro atoms. The number of nitrogens with one attached hydrogen (secondary N) is 1. The van der Waals surface area contributed by atoms with E-state index in [1.54, 1.807) is 7.11 Å². The van der Waals surface area contributed by atoms with E-state index in [2.05, 4.69) is 27.2 Å². The molecule has 0 saturated carbocycles. The standard InChI is InChI=1S/C21H33N3O4/c1-16(2)13-19(21(26)28-4)22-20(25)15-24-11-9-23(10-12-24)14-17-5-7-18(27-3)8-6-17/h5-8,16,19H,9-15H2,1-4H3,(H,22,25)/t19-/m0/s1. The molecule has 1 N–H and O–H groups in total.